The number of amides is 5. The second kappa shape index (κ2) is 23.6. The van der Waals surface area contributed by atoms with Gasteiger partial charge in [-0.05, 0) is 88.9 Å². The molecule has 14 nitrogen and oxygen atoms in total. The fourth-order valence-corrected chi connectivity index (χ4v) is 9.42. The van der Waals surface area contributed by atoms with Crippen molar-refractivity contribution in [2.24, 2.45) is 0 Å². The molecule has 0 saturated carbocycles. The molecule has 2 bridgehead atoms. The first-order valence-corrected chi connectivity index (χ1v) is 24.8. The molecule has 0 radical (unpaired) electrons. The summed E-state index contributed by atoms with van der Waals surface area (Å²) in [6.45, 7) is 5.31. The van der Waals surface area contributed by atoms with Gasteiger partial charge in [-0.1, -0.05) is 127 Å². The molecule has 0 fully saturated rings. The lowest BCUT2D eigenvalue weighted by atomic mass is 9.98. The maximum atomic E-state index is 14.7. The van der Waals surface area contributed by atoms with E-state index in [4.69, 9.17) is 4.74 Å². The number of fused-ring (bicyclic) bond motifs is 16. The lowest BCUT2D eigenvalue weighted by molar-refractivity contribution is -0.134. The number of nitrogens with one attached hydrogen (secondary N) is 6. The van der Waals surface area contributed by atoms with Crippen LogP contribution in [0.15, 0.2) is 162 Å². The number of sulfonamides is 1. The Hall–Kier alpha value is -7.40. The molecule has 0 unspecified atom stereocenters. The van der Waals surface area contributed by atoms with Gasteiger partial charge in [-0.15, -0.1) is 11.3 Å². The molecule has 2 aliphatic heterocycles. The Kier molecular flexibility index (Phi) is 16.9. The minimum atomic E-state index is -3.87. The number of hydrogen-bond acceptors (Lipinski definition) is 9. The standard InChI is InChI=1S/C53H54N6O8S2/c1-35-15-26-43(27-16-35)69(65,66)55-30-29-54-50(61)45-32-39-19-24-42(25-20-39)67-34-48(60)59-49(36(2)47-14-9-31-68-47)53(64)58-46(33-38-17-22-41(23-18-38)40-12-7-4-8-13-40)52(63)56-44(51(62)57-45)28-21-37-10-5-3-6-11-37/h3-20,22-27,31,44-46,49,55H,2,21,28-30,32-34H2,1H3,(H,54,61)(H,56,63)(H,57,62)(H,58,64)(H,59,60)/t44-,45-,46+,49-/m0/s1. The highest BCUT2D eigenvalue weighted by atomic mass is 32.2. The summed E-state index contributed by atoms with van der Waals surface area (Å²) in [4.78, 5) is 72.0. The van der Waals surface area contributed by atoms with E-state index in [1.165, 1.54) is 23.5 Å². The highest BCUT2D eigenvalue weighted by molar-refractivity contribution is 7.89. The van der Waals surface area contributed by atoms with E-state index in [0.29, 0.717) is 33.7 Å². The Morgan fingerprint density at radius 3 is 2.03 bits per heavy atom. The predicted molar refractivity (Wildman–Crippen MR) is 266 cm³/mol. The van der Waals surface area contributed by atoms with Crippen LogP contribution in [0.2, 0.25) is 0 Å². The lowest BCUT2D eigenvalue weighted by Crippen LogP contribution is -2.59. The van der Waals surface area contributed by atoms with Gasteiger partial charge in [-0.2, -0.15) is 0 Å². The molecule has 8 rings (SSSR count). The topological polar surface area (TPSA) is 201 Å². The number of benzene rings is 5. The van der Waals surface area contributed by atoms with Crippen molar-refractivity contribution in [2.75, 3.05) is 19.7 Å². The van der Waals surface area contributed by atoms with Crippen molar-refractivity contribution in [1.82, 2.24) is 31.3 Å². The van der Waals surface area contributed by atoms with Crippen LogP contribution in [0.4, 0.5) is 0 Å². The van der Waals surface area contributed by atoms with Crippen molar-refractivity contribution < 1.29 is 37.1 Å². The first kappa shape index (κ1) is 49.5. The average Bonchev–Trinajstić information content (AvgIpc) is 3.91. The third kappa shape index (κ3) is 14.1. The van der Waals surface area contributed by atoms with Crippen LogP contribution < -0.4 is 36.0 Å². The molecule has 16 heteroatoms. The van der Waals surface area contributed by atoms with Gasteiger partial charge in [-0.25, -0.2) is 13.1 Å². The highest BCUT2D eigenvalue weighted by Gasteiger charge is 2.33. The van der Waals surface area contributed by atoms with Crippen LogP contribution in [0.5, 0.6) is 5.75 Å². The van der Waals surface area contributed by atoms with Gasteiger partial charge in [0.1, 0.15) is 29.9 Å². The van der Waals surface area contributed by atoms with E-state index in [2.05, 4.69) is 37.9 Å². The van der Waals surface area contributed by atoms with Crippen LogP contribution in [-0.4, -0.2) is 81.8 Å². The zero-order chi connectivity index (χ0) is 48.8. The molecule has 0 aliphatic carbocycles. The molecule has 2 aliphatic rings. The Bertz CT molecular complexity index is 2830. The van der Waals surface area contributed by atoms with Crippen LogP contribution >= 0.6 is 11.3 Å². The molecule has 0 spiro atoms. The molecule has 5 amide bonds. The zero-order valence-corrected chi connectivity index (χ0v) is 39.6. The summed E-state index contributed by atoms with van der Waals surface area (Å²) in [5.41, 5.74) is 5.36. The third-order valence-corrected chi connectivity index (χ3v) is 13.9. The Morgan fingerprint density at radius 1 is 0.696 bits per heavy atom. The van der Waals surface area contributed by atoms with Crippen LogP contribution in [0.1, 0.15) is 33.6 Å². The summed E-state index contributed by atoms with van der Waals surface area (Å²) < 4.78 is 34.2. The number of thiophene rings is 1. The summed E-state index contributed by atoms with van der Waals surface area (Å²) in [7, 11) is -3.87. The van der Waals surface area contributed by atoms with Gasteiger partial charge in [-0.3, -0.25) is 24.0 Å². The van der Waals surface area contributed by atoms with Gasteiger partial charge in [0, 0.05) is 30.8 Å². The smallest absolute Gasteiger partial charge is 0.258 e. The van der Waals surface area contributed by atoms with E-state index in [1.807, 2.05) is 97.2 Å². The summed E-state index contributed by atoms with van der Waals surface area (Å²) in [6, 6.07) is 38.3. The van der Waals surface area contributed by atoms with Crippen LogP contribution in [0.25, 0.3) is 16.7 Å². The molecule has 4 atom stereocenters. The molecule has 6 aromatic rings. The number of carbonyl (C=O) groups is 5. The third-order valence-electron chi connectivity index (χ3n) is 11.5. The Balaban J connectivity index is 1.18. The minimum Gasteiger partial charge on any atom is -0.484 e. The molecular weight excluding hydrogens is 913 g/mol. The first-order chi connectivity index (χ1) is 33.3. The Morgan fingerprint density at radius 2 is 1.35 bits per heavy atom. The molecule has 356 valence electrons. The molecule has 69 heavy (non-hydrogen) atoms. The zero-order valence-electron chi connectivity index (χ0n) is 38.0. The van der Waals surface area contributed by atoms with Crippen molar-refractivity contribution in [2.45, 2.75) is 61.7 Å². The molecular formula is C53H54N6O8S2. The van der Waals surface area contributed by atoms with Gasteiger partial charge in [0.2, 0.25) is 33.7 Å². The van der Waals surface area contributed by atoms with Crippen LogP contribution in [0.3, 0.4) is 0 Å². The maximum Gasteiger partial charge on any atom is 0.258 e. The minimum absolute atomic E-state index is 0.00159. The molecule has 5 aromatic carbocycles. The fourth-order valence-electron chi connectivity index (χ4n) is 7.66. The van der Waals surface area contributed by atoms with Crippen molar-refractivity contribution in [3.8, 4) is 16.9 Å². The molecule has 6 N–H and O–H groups in total. The summed E-state index contributed by atoms with van der Waals surface area (Å²) >= 11 is 1.33. The van der Waals surface area contributed by atoms with E-state index in [0.717, 1.165) is 22.3 Å². The lowest BCUT2D eigenvalue weighted by Gasteiger charge is -2.27. The fraction of sp³-hybridized carbons (Fsp3) is 0.226. The quantitative estimate of drug-likeness (QED) is 0.0626. The average molecular weight is 967 g/mol. The van der Waals surface area contributed by atoms with Crippen molar-refractivity contribution in [3.63, 3.8) is 0 Å². The van der Waals surface area contributed by atoms with Crippen LogP contribution in [-0.2, 0) is 53.3 Å². The van der Waals surface area contributed by atoms with E-state index in [-0.39, 0.29) is 37.2 Å². The van der Waals surface area contributed by atoms with E-state index in [9.17, 15) is 32.4 Å². The summed E-state index contributed by atoms with van der Waals surface area (Å²) in [5.74, 6) is -2.96. The normalized spacial score (nSPS) is 18.2. The highest BCUT2D eigenvalue weighted by Crippen LogP contribution is 2.24. The number of rotatable bonds is 14. The van der Waals surface area contributed by atoms with E-state index >= 15 is 0 Å². The van der Waals surface area contributed by atoms with Gasteiger partial charge in [0.05, 0.1) is 4.90 Å². The second-order valence-electron chi connectivity index (χ2n) is 16.6. The van der Waals surface area contributed by atoms with Gasteiger partial charge < -0.3 is 31.3 Å². The van der Waals surface area contributed by atoms with Crippen molar-refractivity contribution >= 4 is 56.5 Å². The van der Waals surface area contributed by atoms with Crippen molar-refractivity contribution in [1.29, 1.82) is 0 Å². The SMILES string of the molecule is C=C(c1cccs1)[C@@H]1NC(=O)COc2ccc(cc2)C[C@@H](C(=O)NCCNS(=O)(=O)c2ccc(C)cc2)NC(=O)[C@H](CCc2ccccc2)NC(=O)[C@@H](Cc2ccc(-c3ccccc3)cc2)NC1=O. The van der Waals surface area contributed by atoms with Crippen LogP contribution in [0, 0.1) is 6.92 Å². The van der Waals surface area contributed by atoms with Gasteiger partial charge in [0.15, 0.2) is 6.61 Å². The second-order valence-corrected chi connectivity index (χ2v) is 19.3. The number of hydrogen-bond donors (Lipinski definition) is 6. The first-order valence-electron chi connectivity index (χ1n) is 22.5. The summed E-state index contributed by atoms with van der Waals surface area (Å²) in [5, 5.41) is 15.9. The largest absolute Gasteiger partial charge is 0.484 e. The number of ether oxygens (including phenoxy) is 1. The number of aryl methyl sites for hydroxylation is 2. The van der Waals surface area contributed by atoms with Gasteiger partial charge in [0.25, 0.3) is 5.91 Å². The molecule has 3 heterocycles. The predicted octanol–water partition coefficient (Wildman–Crippen LogP) is 5.28. The Labute approximate surface area is 406 Å². The van der Waals surface area contributed by atoms with Gasteiger partial charge >= 0.3 is 0 Å². The number of carbonyl (C=O) groups excluding carboxylic acids is 5. The van der Waals surface area contributed by atoms with E-state index < -0.39 is 70.3 Å². The molecule has 0 saturated heterocycles. The summed E-state index contributed by atoms with van der Waals surface area (Å²) in [6.07, 6.45) is 0.479. The van der Waals surface area contributed by atoms with Crippen molar-refractivity contribution in [3.05, 3.63) is 185 Å². The van der Waals surface area contributed by atoms with E-state index in [1.54, 1.807) is 48.5 Å². The molecule has 1 aromatic heterocycles. The monoisotopic (exact) mass is 966 g/mol. The maximum absolute atomic E-state index is 14.7.